The van der Waals surface area contributed by atoms with Crippen LogP contribution in [0, 0.1) is 6.92 Å². The molecular weight excluding hydrogens is 370 g/mol. The molecular formula is C18H25N3O3S2. The number of nitrogens with one attached hydrogen (secondary N) is 2. The van der Waals surface area contributed by atoms with Gasteiger partial charge in [-0.1, -0.05) is 37.5 Å². The standard InChI is InChI=1S/C18H25N3O3S2/c1-3-4-5-12-19-17(22)11-8-15-13-25-18(20-15)21-26(23,24)16-9-6-14(2)7-10-16/h6-7,9-10,13H,3-5,8,11-12H2,1-2H3,(H,19,22)(H,20,21). The molecule has 0 spiro atoms. The molecule has 1 aromatic carbocycles. The molecule has 8 heteroatoms. The molecule has 0 atom stereocenters. The molecule has 0 unspecified atom stereocenters. The molecule has 2 rings (SSSR count). The Balaban J connectivity index is 1.85. The third-order valence-electron chi connectivity index (χ3n) is 3.82. The monoisotopic (exact) mass is 395 g/mol. The van der Waals surface area contributed by atoms with Crippen molar-refractivity contribution in [2.24, 2.45) is 0 Å². The summed E-state index contributed by atoms with van der Waals surface area (Å²) in [6.45, 7) is 4.72. The molecule has 0 saturated carbocycles. The van der Waals surface area contributed by atoms with Gasteiger partial charge in [0.2, 0.25) is 5.91 Å². The summed E-state index contributed by atoms with van der Waals surface area (Å²) < 4.78 is 27.2. The fourth-order valence-corrected chi connectivity index (χ4v) is 4.29. The first-order valence-corrected chi connectivity index (χ1v) is 11.1. The molecule has 1 amide bonds. The first-order chi connectivity index (χ1) is 12.4. The average molecular weight is 396 g/mol. The Kier molecular flexibility index (Phi) is 7.59. The quantitative estimate of drug-likeness (QED) is 0.603. The van der Waals surface area contributed by atoms with Crippen molar-refractivity contribution in [3.05, 3.63) is 40.9 Å². The van der Waals surface area contributed by atoms with Crippen LogP contribution < -0.4 is 10.0 Å². The van der Waals surface area contributed by atoms with Gasteiger partial charge in [-0.2, -0.15) is 0 Å². The number of nitrogens with zero attached hydrogens (tertiary/aromatic N) is 1. The maximum atomic E-state index is 12.4. The van der Waals surface area contributed by atoms with Crippen LogP contribution in [0.25, 0.3) is 0 Å². The first kappa shape index (κ1) is 20.4. The molecule has 0 radical (unpaired) electrons. The van der Waals surface area contributed by atoms with Gasteiger partial charge in [0.1, 0.15) is 0 Å². The zero-order valence-corrected chi connectivity index (χ0v) is 16.8. The lowest BCUT2D eigenvalue weighted by Gasteiger charge is -2.05. The fraction of sp³-hybridized carbons (Fsp3) is 0.444. The Morgan fingerprint density at radius 2 is 1.92 bits per heavy atom. The van der Waals surface area contributed by atoms with Crippen LogP contribution in [-0.2, 0) is 21.2 Å². The number of unbranched alkanes of at least 4 members (excludes halogenated alkanes) is 2. The van der Waals surface area contributed by atoms with Crippen molar-refractivity contribution >= 4 is 32.4 Å². The number of amides is 1. The lowest BCUT2D eigenvalue weighted by Crippen LogP contribution is -2.24. The Morgan fingerprint density at radius 3 is 2.62 bits per heavy atom. The molecule has 26 heavy (non-hydrogen) atoms. The third-order valence-corrected chi connectivity index (χ3v) is 6.11. The maximum Gasteiger partial charge on any atom is 0.263 e. The van der Waals surface area contributed by atoms with Crippen LogP contribution in [0.3, 0.4) is 0 Å². The van der Waals surface area contributed by atoms with E-state index in [0.717, 1.165) is 24.8 Å². The highest BCUT2D eigenvalue weighted by Gasteiger charge is 2.16. The predicted molar refractivity (Wildman–Crippen MR) is 105 cm³/mol. The summed E-state index contributed by atoms with van der Waals surface area (Å²) >= 11 is 1.22. The molecule has 1 aromatic heterocycles. The van der Waals surface area contributed by atoms with Crippen LogP contribution in [0.5, 0.6) is 0 Å². The number of carbonyl (C=O) groups is 1. The number of hydrogen-bond acceptors (Lipinski definition) is 5. The molecule has 142 valence electrons. The normalized spacial score (nSPS) is 11.3. The molecule has 0 fully saturated rings. The van der Waals surface area contributed by atoms with Crippen LogP contribution in [0.2, 0.25) is 0 Å². The van der Waals surface area contributed by atoms with E-state index in [1.165, 1.54) is 11.3 Å². The number of carbonyl (C=O) groups excluding carboxylic acids is 1. The number of rotatable bonds is 10. The molecule has 0 bridgehead atoms. The molecule has 2 aromatic rings. The van der Waals surface area contributed by atoms with Gasteiger partial charge in [-0.15, -0.1) is 11.3 Å². The lowest BCUT2D eigenvalue weighted by molar-refractivity contribution is -0.121. The number of thiazole rings is 1. The summed E-state index contributed by atoms with van der Waals surface area (Å²) in [5, 5.41) is 4.97. The van der Waals surface area contributed by atoms with Crippen LogP contribution in [0.15, 0.2) is 34.5 Å². The summed E-state index contributed by atoms with van der Waals surface area (Å²) in [4.78, 5) is 16.2. The number of sulfonamides is 1. The summed E-state index contributed by atoms with van der Waals surface area (Å²) in [6, 6.07) is 6.63. The highest BCUT2D eigenvalue weighted by Crippen LogP contribution is 2.21. The second kappa shape index (κ2) is 9.68. The molecule has 0 aliphatic carbocycles. The Morgan fingerprint density at radius 1 is 1.19 bits per heavy atom. The summed E-state index contributed by atoms with van der Waals surface area (Å²) in [6.07, 6.45) is 4.05. The van der Waals surface area contributed by atoms with Gasteiger partial charge in [0.15, 0.2) is 5.13 Å². The Hall–Kier alpha value is -1.93. The molecule has 0 aliphatic rings. The summed E-state index contributed by atoms with van der Waals surface area (Å²) in [5.41, 5.74) is 1.70. The molecule has 0 saturated heterocycles. The predicted octanol–water partition coefficient (Wildman–Crippen LogP) is 3.49. The van der Waals surface area contributed by atoms with E-state index in [4.69, 9.17) is 0 Å². The van der Waals surface area contributed by atoms with Crippen molar-refractivity contribution in [2.45, 2.75) is 50.8 Å². The zero-order chi connectivity index (χ0) is 19.0. The van der Waals surface area contributed by atoms with Crippen LogP contribution in [0.1, 0.15) is 43.9 Å². The van der Waals surface area contributed by atoms with Crippen LogP contribution in [0.4, 0.5) is 5.13 Å². The number of anilines is 1. The van der Waals surface area contributed by atoms with E-state index in [2.05, 4.69) is 21.9 Å². The van der Waals surface area contributed by atoms with Gasteiger partial charge in [-0.05, 0) is 31.9 Å². The van der Waals surface area contributed by atoms with Gasteiger partial charge in [0, 0.05) is 18.3 Å². The van der Waals surface area contributed by atoms with E-state index in [1.807, 2.05) is 6.92 Å². The van der Waals surface area contributed by atoms with Crippen molar-refractivity contribution in [2.75, 3.05) is 11.3 Å². The van der Waals surface area contributed by atoms with Crippen molar-refractivity contribution in [3.8, 4) is 0 Å². The van der Waals surface area contributed by atoms with Crippen molar-refractivity contribution < 1.29 is 13.2 Å². The highest BCUT2D eigenvalue weighted by atomic mass is 32.2. The molecule has 2 N–H and O–H groups in total. The van der Waals surface area contributed by atoms with Crippen molar-refractivity contribution in [3.63, 3.8) is 0 Å². The van der Waals surface area contributed by atoms with Gasteiger partial charge in [-0.25, -0.2) is 13.4 Å². The van der Waals surface area contributed by atoms with Crippen molar-refractivity contribution in [1.29, 1.82) is 0 Å². The Labute approximate surface area is 159 Å². The molecule has 6 nitrogen and oxygen atoms in total. The van der Waals surface area contributed by atoms with E-state index in [9.17, 15) is 13.2 Å². The van der Waals surface area contributed by atoms with Gasteiger partial charge in [0.05, 0.1) is 10.6 Å². The van der Waals surface area contributed by atoms with Crippen LogP contribution >= 0.6 is 11.3 Å². The van der Waals surface area contributed by atoms with Gasteiger partial charge in [0.25, 0.3) is 10.0 Å². The maximum absolute atomic E-state index is 12.4. The minimum Gasteiger partial charge on any atom is -0.356 e. The minimum absolute atomic E-state index is 0.00381. The fourth-order valence-electron chi connectivity index (χ4n) is 2.29. The van der Waals surface area contributed by atoms with E-state index in [0.29, 0.717) is 30.2 Å². The largest absolute Gasteiger partial charge is 0.356 e. The molecule has 1 heterocycles. The number of benzene rings is 1. The number of aromatic nitrogens is 1. The van der Waals surface area contributed by atoms with E-state index < -0.39 is 10.0 Å². The average Bonchev–Trinajstić information content (AvgIpc) is 3.04. The smallest absolute Gasteiger partial charge is 0.263 e. The van der Waals surface area contributed by atoms with Gasteiger partial charge in [-0.3, -0.25) is 9.52 Å². The third kappa shape index (κ3) is 6.42. The van der Waals surface area contributed by atoms with E-state index >= 15 is 0 Å². The van der Waals surface area contributed by atoms with Gasteiger partial charge < -0.3 is 5.32 Å². The lowest BCUT2D eigenvalue weighted by atomic mass is 10.2. The van der Waals surface area contributed by atoms with Crippen LogP contribution in [-0.4, -0.2) is 25.9 Å². The Bertz CT molecular complexity index is 814. The van der Waals surface area contributed by atoms with Gasteiger partial charge >= 0.3 is 0 Å². The topological polar surface area (TPSA) is 88.2 Å². The molecule has 0 aliphatic heterocycles. The highest BCUT2D eigenvalue weighted by molar-refractivity contribution is 7.93. The van der Waals surface area contributed by atoms with Crippen molar-refractivity contribution in [1.82, 2.24) is 10.3 Å². The second-order valence-corrected chi connectivity index (χ2v) is 8.66. The minimum atomic E-state index is -3.65. The number of hydrogen-bond donors (Lipinski definition) is 2. The summed E-state index contributed by atoms with van der Waals surface area (Å²) in [5.74, 6) is -0.00381. The van der Waals surface area contributed by atoms with E-state index in [1.54, 1.807) is 29.6 Å². The SMILES string of the molecule is CCCCCNC(=O)CCc1csc(NS(=O)(=O)c2ccc(C)cc2)n1. The first-order valence-electron chi connectivity index (χ1n) is 8.71. The number of aryl methyl sites for hydroxylation is 2. The second-order valence-electron chi connectivity index (χ2n) is 6.12. The van der Waals surface area contributed by atoms with E-state index in [-0.39, 0.29) is 10.8 Å². The zero-order valence-electron chi connectivity index (χ0n) is 15.1. The summed E-state index contributed by atoms with van der Waals surface area (Å²) in [7, 11) is -3.65.